The zero-order valence-corrected chi connectivity index (χ0v) is 15.7. The minimum atomic E-state index is -0.421. The monoisotopic (exact) mass is 392 g/mol. The zero-order valence-electron chi connectivity index (χ0n) is 15.7. The van der Waals surface area contributed by atoms with Crippen LogP contribution in [0.4, 0.5) is 10.1 Å². The number of methoxy groups -OCH3 is 2. The molecule has 0 atom stereocenters. The summed E-state index contributed by atoms with van der Waals surface area (Å²) in [6.45, 7) is 0. The summed E-state index contributed by atoms with van der Waals surface area (Å²) in [4.78, 5) is 17.2. The number of anilines is 1. The molecule has 0 unspecified atom stereocenters. The highest BCUT2D eigenvalue weighted by Gasteiger charge is 2.19. The molecule has 6 nitrogen and oxygen atoms in total. The number of hydrogen-bond acceptors (Lipinski definition) is 5. The van der Waals surface area contributed by atoms with Crippen LogP contribution in [0.1, 0.15) is 10.4 Å². The molecule has 0 spiro atoms. The summed E-state index contributed by atoms with van der Waals surface area (Å²) in [5.74, 6) is 0.151. The molecule has 146 valence electrons. The molecule has 4 aromatic rings. The molecular weight excluding hydrogens is 375 g/mol. The van der Waals surface area contributed by atoms with Crippen molar-refractivity contribution in [3.8, 4) is 23.0 Å². The number of benzene rings is 3. The minimum Gasteiger partial charge on any atom is -0.496 e. The third-order valence-electron chi connectivity index (χ3n) is 4.40. The second-order valence-corrected chi connectivity index (χ2v) is 6.17. The summed E-state index contributed by atoms with van der Waals surface area (Å²) in [5.41, 5.74) is 2.03. The molecule has 0 aliphatic carbocycles. The first-order chi connectivity index (χ1) is 14.1. The van der Waals surface area contributed by atoms with Crippen LogP contribution in [0.3, 0.4) is 0 Å². The number of rotatable bonds is 5. The normalized spacial score (nSPS) is 10.7. The van der Waals surface area contributed by atoms with Crippen molar-refractivity contribution in [2.24, 2.45) is 0 Å². The van der Waals surface area contributed by atoms with E-state index in [1.165, 1.54) is 20.3 Å². The molecular formula is C22H17FN2O4. The van der Waals surface area contributed by atoms with Crippen molar-refractivity contribution in [3.63, 3.8) is 0 Å². The van der Waals surface area contributed by atoms with Crippen LogP contribution in [0.5, 0.6) is 11.5 Å². The Kier molecular flexibility index (Phi) is 4.87. The Bertz CT molecular complexity index is 1180. The van der Waals surface area contributed by atoms with Gasteiger partial charge < -0.3 is 19.2 Å². The van der Waals surface area contributed by atoms with Gasteiger partial charge in [0.05, 0.1) is 19.8 Å². The van der Waals surface area contributed by atoms with E-state index in [1.807, 2.05) is 0 Å². The van der Waals surface area contributed by atoms with Crippen LogP contribution in [0.15, 0.2) is 65.1 Å². The highest BCUT2D eigenvalue weighted by molar-refractivity contribution is 6.08. The number of ether oxygens (including phenoxy) is 2. The SMILES string of the molecule is COc1cccc(OC)c1C(=O)Nc1ccc2oc(-c3ccccc3F)nc2c1. The molecule has 3 aromatic carbocycles. The van der Waals surface area contributed by atoms with E-state index < -0.39 is 11.7 Å². The van der Waals surface area contributed by atoms with Gasteiger partial charge in [0.1, 0.15) is 28.4 Å². The predicted octanol–water partition coefficient (Wildman–Crippen LogP) is 4.90. The van der Waals surface area contributed by atoms with Crippen LogP contribution < -0.4 is 14.8 Å². The predicted molar refractivity (Wildman–Crippen MR) is 107 cm³/mol. The van der Waals surface area contributed by atoms with Gasteiger partial charge in [0.2, 0.25) is 5.89 Å². The average molecular weight is 392 g/mol. The van der Waals surface area contributed by atoms with Crippen molar-refractivity contribution in [1.29, 1.82) is 0 Å². The molecule has 0 saturated heterocycles. The van der Waals surface area contributed by atoms with Crippen LogP contribution >= 0.6 is 0 Å². The molecule has 1 heterocycles. The van der Waals surface area contributed by atoms with Crippen LogP contribution in [-0.4, -0.2) is 25.1 Å². The van der Waals surface area contributed by atoms with E-state index in [1.54, 1.807) is 54.6 Å². The number of nitrogens with one attached hydrogen (secondary N) is 1. The summed E-state index contributed by atoms with van der Waals surface area (Å²) < 4.78 is 30.2. The van der Waals surface area contributed by atoms with Crippen LogP contribution in [0, 0.1) is 5.82 Å². The van der Waals surface area contributed by atoms with Crippen molar-refractivity contribution >= 4 is 22.7 Å². The Labute approximate surface area is 165 Å². The van der Waals surface area contributed by atoms with E-state index in [9.17, 15) is 9.18 Å². The molecule has 1 amide bonds. The number of carbonyl (C=O) groups excluding carboxylic acids is 1. The molecule has 1 N–H and O–H groups in total. The van der Waals surface area contributed by atoms with Gasteiger partial charge in [-0.15, -0.1) is 0 Å². The highest BCUT2D eigenvalue weighted by atomic mass is 19.1. The van der Waals surface area contributed by atoms with E-state index in [2.05, 4.69) is 10.3 Å². The van der Waals surface area contributed by atoms with E-state index in [0.29, 0.717) is 28.3 Å². The minimum absolute atomic E-state index is 0.174. The molecule has 0 saturated carbocycles. The smallest absolute Gasteiger partial charge is 0.263 e. The maximum absolute atomic E-state index is 14.0. The van der Waals surface area contributed by atoms with Crippen molar-refractivity contribution < 1.29 is 23.1 Å². The Balaban J connectivity index is 1.66. The standard InChI is InChI=1S/C22H17FN2O4/c1-27-18-8-5-9-19(28-2)20(18)21(26)24-13-10-11-17-16(12-13)25-22(29-17)14-6-3-4-7-15(14)23/h3-12H,1-2H3,(H,24,26). The molecule has 0 bridgehead atoms. The van der Waals surface area contributed by atoms with Gasteiger partial charge in [-0.1, -0.05) is 18.2 Å². The number of amides is 1. The fourth-order valence-electron chi connectivity index (χ4n) is 3.02. The highest BCUT2D eigenvalue weighted by Crippen LogP contribution is 2.31. The van der Waals surface area contributed by atoms with E-state index in [-0.39, 0.29) is 17.0 Å². The second-order valence-electron chi connectivity index (χ2n) is 6.17. The van der Waals surface area contributed by atoms with Gasteiger partial charge in [0.25, 0.3) is 5.91 Å². The van der Waals surface area contributed by atoms with Crippen molar-refractivity contribution in [3.05, 3.63) is 72.0 Å². The number of halogens is 1. The van der Waals surface area contributed by atoms with E-state index in [4.69, 9.17) is 13.9 Å². The molecule has 0 aliphatic rings. The fourth-order valence-corrected chi connectivity index (χ4v) is 3.02. The lowest BCUT2D eigenvalue weighted by Gasteiger charge is -2.12. The molecule has 29 heavy (non-hydrogen) atoms. The Morgan fingerprint density at radius 2 is 1.72 bits per heavy atom. The van der Waals surface area contributed by atoms with Crippen LogP contribution in [0.2, 0.25) is 0 Å². The van der Waals surface area contributed by atoms with Crippen molar-refractivity contribution in [1.82, 2.24) is 4.98 Å². The number of nitrogens with zero attached hydrogens (tertiary/aromatic N) is 1. The topological polar surface area (TPSA) is 73.6 Å². The van der Waals surface area contributed by atoms with Gasteiger partial charge in [0, 0.05) is 5.69 Å². The van der Waals surface area contributed by atoms with E-state index in [0.717, 1.165) is 0 Å². The van der Waals surface area contributed by atoms with Gasteiger partial charge in [0.15, 0.2) is 5.58 Å². The average Bonchev–Trinajstić information content (AvgIpc) is 3.16. The largest absolute Gasteiger partial charge is 0.496 e. The number of hydrogen-bond donors (Lipinski definition) is 1. The van der Waals surface area contributed by atoms with Crippen LogP contribution in [-0.2, 0) is 0 Å². The van der Waals surface area contributed by atoms with Crippen LogP contribution in [0.25, 0.3) is 22.6 Å². The molecule has 4 rings (SSSR count). The maximum atomic E-state index is 14.0. The number of carbonyl (C=O) groups is 1. The Hall–Kier alpha value is -3.87. The van der Waals surface area contributed by atoms with Gasteiger partial charge in [-0.25, -0.2) is 9.37 Å². The van der Waals surface area contributed by atoms with E-state index >= 15 is 0 Å². The summed E-state index contributed by atoms with van der Waals surface area (Å²) in [6.07, 6.45) is 0. The fraction of sp³-hybridized carbons (Fsp3) is 0.0909. The van der Waals surface area contributed by atoms with Gasteiger partial charge in [-0.05, 0) is 42.5 Å². The van der Waals surface area contributed by atoms with Crippen molar-refractivity contribution in [2.75, 3.05) is 19.5 Å². The first-order valence-electron chi connectivity index (χ1n) is 8.78. The quantitative estimate of drug-likeness (QED) is 0.523. The zero-order chi connectivity index (χ0) is 20.4. The van der Waals surface area contributed by atoms with Gasteiger partial charge in [-0.2, -0.15) is 0 Å². The molecule has 7 heteroatoms. The lowest BCUT2D eigenvalue weighted by atomic mass is 10.1. The summed E-state index contributed by atoms with van der Waals surface area (Å²) in [7, 11) is 2.97. The summed E-state index contributed by atoms with van der Waals surface area (Å²) >= 11 is 0. The molecule has 0 fully saturated rings. The first-order valence-corrected chi connectivity index (χ1v) is 8.78. The Morgan fingerprint density at radius 3 is 2.41 bits per heavy atom. The number of aromatic nitrogens is 1. The van der Waals surface area contributed by atoms with Crippen molar-refractivity contribution in [2.45, 2.75) is 0 Å². The molecule has 0 radical (unpaired) electrons. The first kappa shape index (κ1) is 18.5. The summed E-state index contributed by atoms with van der Waals surface area (Å²) in [6, 6.07) is 16.3. The second kappa shape index (κ2) is 7.63. The van der Waals surface area contributed by atoms with Gasteiger partial charge >= 0.3 is 0 Å². The summed E-state index contributed by atoms with van der Waals surface area (Å²) in [5, 5.41) is 2.81. The lowest BCUT2D eigenvalue weighted by Crippen LogP contribution is -2.14. The third kappa shape index (κ3) is 3.50. The van der Waals surface area contributed by atoms with Gasteiger partial charge in [-0.3, -0.25) is 4.79 Å². The number of oxazole rings is 1. The Morgan fingerprint density at radius 1 is 1.00 bits per heavy atom. The maximum Gasteiger partial charge on any atom is 0.263 e. The number of fused-ring (bicyclic) bond motifs is 1. The third-order valence-corrected chi connectivity index (χ3v) is 4.40. The molecule has 0 aliphatic heterocycles. The lowest BCUT2D eigenvalue weighted by molar-refractivity contribution is 0.102. The molecule has 1 aromatic heterocycles.